The maximum Gasteiger partial charge on any atom is 0.128 e. The van der Waals surface area contributed by atoms with E-state index in [4.69, 9.17) is 5.73 Å². The van der Waals surface area contributed by atoms with Crippen molar-refractivity contribution in [3.8, 4) is 0 Å². The first-order chi connectivity index (χ1) is 8.66. The summed E-state index contributed by atoms with van der Waals surface area (Å²) in [6.45, 7) is 2.46. The van der Waals surface area contributed by atoms with Crippen molar-refractivity contribution >= 4 is 11.4 Å². The number of nitrogens with zero attached hydrogens (tertiary/aromatic N) is 1. The van der Waals surface area contributed by atoms with Crippen LogP contribution in [0.4, 0.5) is 15.8 Å². The highest BCUT2D eigenvalue weighted by molar-refractivity contribution is 5.67. The molecule has 0 aliphatic heterocycles. The van der Waals surface area contributed by atoms with Crippen molar-refractivity contribution in [2.45, 2.75) is 13.3 Å². The number of hydrogen-bond acceptors (Lipinski definition) is 3. The van der Waals surface area contributed by atoms with Gasteiger partial charge in [-0.25, -0.2) is 4.39 Å². The second kappa shape index (κ2) is 5.49. The number of halogens is 1. The lowest BCUT2D eigenvalue weighted by molar-refractivity contribution is 0.619. The molecule has 0 amide bonds. The Hall–Kier alpha value is -2.10. The topological polar surface area (TPSA) is 50.9 Å². The summed E-state index contributed by atoms with van der Waals surface area (Å²) in [5, 5.41) is 3.21. The standard InChI is InChI=1S/C14H16FN3/c1-10-7-14(13(16)8-12(10)15)18-6-4-11-3-2-5-17-9-11/h2-3,5,7-9,18H,4,6,16H2,1H3. The fourth-order valence-corrected chi connectivity index (χ4v) is 1.74. The van der Waals surface area contributed by atoms with Gasteiger partial charge in [0, 0.05) is 18.9 Å². The maximum absolute atomic E-state index is 13.2. The minimum Gasteiger partial charge on any atom is -0.397 e. The molecule has 3 N–H and O–H groups in total. The van der Waals surface area contributed by atoms with Crippen LogP contribution >= 0.6 is 0 Å². The molecule has 1 heterocycles. The van der Waals surface area contributed by atoms with Gasteiger partial charge in [0.1, 0.15) is 5.82 Å². The van der Waals surface area contributed by atoms with E-state index in [1.54, 1.807) is 19.2 Å². The third-order valence-electron chi connectivity index (χ3n) is 2.78. The van der Waals surface area contributed by atoms with E-state index in [-0.39, 0.29) is 5.82 Å². The lowest BCUT2D eigenvalue weighted by Crippen LogP contribution is -2.07. The van der Waals surface area contributed by atoms with Crippen molar-refractivity contribution in [3.63, 3.8) is 0 Å². The van der Waals surface area contributed by atoms with E-state index >= 15 is 0 Å². The quantitative estimate of drug-likeness (QED) is 0.814. The van der Waals surface area contributed by atoms with Crippen molar-refractivity contribution in [2.24, 2.45) is 0 Å². The average Bonchev–Trinajstić information content (AvgIpc) is 2.37. The maximum atomic E-state index is 13.2. The van der Waals surface area contributed by atoms with Crippen LogP contribution in [0.25, 0.3) is 0 Å². The SMILES string of the molecule is Cc1cc(NCCc2cccnc2)c(N)cc1F. The first-order valence-electron chi connectivity index (χ1n) is 5.85. The number of nitrogens with one attached hydrogen (secondary N) is 1. The predicted octanol–water partition coefficient (Wildman–Crippen LogP) is 2.77. The van der Waals surface area contributed by atoms with Gasteiger partial charge in [-0.3, -0.25) is 4.98 Å². The summed E-state index contributed by atoms with van der Waals surface area (Å²) in [6, 6.07) is 7.01. The average molecular weight is 245 g/mol. The smallest absolute Gasteiger partial charge is 0.128 e. The Balaban J connectivity index is 1.97. The van der Waals surface area contributed by atoms with Crippen LogP contribution < -0.4 is 11.1 Å². The highest BCUT2D eigenvalue weighted by atomic mass is 19.1. The third kappa shape index (κ3) is 2.97. The van der Waals surface area contributed by atoms with Gasteiger partial charge in [-0.15, -0.1) is 0 Å². The van der Waals surface area contributed by atoms with Crippen LogP contribution in [0.2, 0.25) is 0 Å². The molecular weight excluding hydrogens is 229 g/mol. The summed E-state index contributed by atoms with van der Waals surface area (Å²) < 4.78 is 13.2. The van der Waals surface area contributed by atoms with Gasteiger partial charge in [0.15, 0.2) is 0 Å². The van der Waals surface area contributed by atoms with E-state index in [1.165, 1.54) is 6.07 Å². The lowest BCUT2D eigenvalue weighted by Gasteiger charge is -2.10. The number of nitrogen functional groups attached to an aromatic ring is 1. The molecule has 1 aromatic heterocycles. The summed E-state index contributed by atoms with van der Waals surface area (Å²) in [7, 11) is 0. The molecule has 0 radical (unpaired) electrons. The van der Waals surface area contributed by atoms with Crippen LogP contribution in [0, 0.1) is 12.7 Å². The largest absolute Gasteiger partial charge is 0.397 e. The molecule has 0 saturated heterocycles. The van der Waals surface area contributed by atoms with E-state index < -0.39 is 0 Å². The number of anilines is 2. The Kier molecular flexibility index (Phi) is 3.77. The second-order valence-corrected chi connectivity index (χ2v) is 4.23. The molecule has 2 aromatic rings. The van der Waals surface area contributed by atoms with E-state index in [9.17, 15) is 4.39 Å². The zero-order valence-electron chi connectivity index (χ0n) is 10.3. The van der Waals surface area contributed by atoms with Crippen molar-refractivity contribution in [1.29, 1.82) is 0 Å². The van der Waals surface area contributed by atoms with Crippen molar-refractivity contribution in [2.75, 3.05) is 17.6 Å². The number of aryl methyl sites for hydroxylation is 1. The Morgan fingerprint density at radius 3 is 2.94 bits per heavy atom. The van der Waals surface area contributed by atoms with E-state index in [0.717, 1.165) is 24.2 Å². The highest BCUT2D eigenvalue weighted by Crippen LogP contribution is 2.22. The number of aromatic nitrogens is 1. The first kappa shape index (κ1) is 12.4. The Morgan fingerprint density at radius 2 is 2.22 bits per heavy atom. The van der Waals surface area contributed by atoms with Gasteiger partial charge < -0.3 is 11.1 Å². The van der Waals surface area contributed by atoms with Gasteiger partial charge >= 0.3 is 0 Å². The van der Waals surface area contributed by atoms with Crippen LogP contribution in [-0.4, -0.2) is 11.5 Å². The monoisotopic (exact) mass is 245 g/mol. The molecule has 3 nitrogen and oxygen atoms in total. The van der Waals surface area contributed by atoms with Crippen LogP contribution in [0.15, 0.2) is 36.7 Å². The molecule has 0 saturated carbocycles. The molecule has 4 heteroatoms. The molecule has 0 atom stereocenters. The molecule has 0 fully saturated rings. The predicted molar refractivity (Wildman–Crippen MR) is 72.0 cm³/mol. The summed E-state index contributed by atoms with van der Waals surface area (Å²) >= 11 is 0. The highest BCUT2D eigenvalue weighted by Gasteiger charge is 2.04. The minimum atomic E-state index is -0.273. The van der Waals surface area contributed by atoms with Crippen LogP contribution in [0.3, 0.4) is 0 Å². The van der Waals surface area contributed by atoms with Crippen molar-refractivity contribution in [3.05, 3.63) is 53.6 Å². The lowest BCUT2D eigenvalue weighted by atomic mass is 10.1. The normalized spacial score (nSPS) is 10.3. The molecule has 2 rings (SSSR count). The molecule has 0 unspecified atom stereocenters. The molecule has 0 bridgehead atoms. The molecule has 94 valence electrons. The molecule has 18 heavy (non-hydrogen) atoms. The molecular formula is C14H16FN3. The van der Waals surface area contributed by atoms with Crippen LogP contribution in [-0.2, 0) is 6.42 Å². The van der Waals surface area contributed by atoms with E-state index in [0.29, 0.717) is 11.3 Å². The first-order valence-corrected chi connectivity index (χ1v) is 5.85. The Morgan fingerprint density at radius 1 is 1.39 bits per heavy atom. The Labute approximate surface area is 106 Å². The van der Waals surface area contributed by atoms with Gasteiger partial charge in [0.25, 0.3) is 0 Å². The number of pyridine rings is 1. The fraction of sp³-hybridized carbons (Fsp3) is 0.214. The minimum absolute atomic E-state index is 0.273. The van der Waals surface area contributed by atoms with Gasteiger partial charge in [-0.2, -0.15) is 0 Å². The summed E-state index contributed by atoms with van der Waals surface area (Å²) in [4.78, 5) is 4.05. The van der Waals surface area contributed by atoms with E-state index in [2.05, 4.69) is 10.3 Å². The van der Waals surface area contributed by atoms with Gasteiger partial charge in [0.2, 0.25) is 0 Å². The zero-order valence-corrected chi connectivity index (χ0v) is 10.3. The molecule has 0 aliphatic carbocycles. The van der Waals surface area contributed by atoms with Gasteiger partial charge in [-0.1, -0.05) is 6.07 Å². The second-order valence-electron chi connectivity index (χ2n) is 4.23. The summed E-state index contributed by atoms with van der Waals surface area (Å²) in [5.41, 5.74) is 8.71. The number of nitrogens with two attached hydrogens (primary N) is 1. The Bertz CT molecular complexity index is 526. The van der Waals surface area contributed by atoms with Gasteiger partial charge in [-0.05, 0) is 42.7 Å². The number of benzene rings is 1. The number of rotatable bonds is 4. The molecule has 1 aromatic carbocycles. The number of hydrogen-bond donors (Lipinski definition) is 2. The fourth-order valence-electron chi connectivity index (χ4n) is 1.74. The third-order valence-corrected chi connectivity index (χ3v) is 2.78. The van der Waals surface area contributed by atoms with Crippen LogP contribution in [0.1, 0.15) is 11.1 Å². The van der Waals surface area contributed by atoms with Gasteiger partial charge in [0.05, 0.1) is 11.4 Å². The molecule has 0 spiro atoms. The van der Waals surface area contributed by atoms with Crippen molar-refractivity contribution in [1.82, 2.24) is 4.98 Å². The van der Waals surface area contributed by atoms with Crippen LogP contribution in [0.5, 0.6) is 0 Å². The van der Waals surface area contributed by atoms with Crippen molar-refractivity contribution < 1.29 is 4.39 Å². The summed E-state index contributed by atoms with van der Waals surface area (Å²) in [6.07, 6.45) is 4.43. The zero-order chi connectivity index (χ0) is 13.0. The summed E-state index contributed by atoms with van der Waals surface area (Å²) in [5.74, 6) is -0.273. The van der Waals surface area contributed by atoms with E-state index in [1.807, 2.05) is 18.3 Å². The molecule has 0 aliphatic rings.